The maximum atomic E-state index is 13.4. The molecule has 14 nitrogen and oxygen atoms in total. The maximum absolute atomic E-state index is 13.4. The summed E-state index contributed by atoms with van der Waals surface area (Å²) in [6.07, 6.45) is -0.0307. The molecule has 1 atom stereocenters. The monoisotopic (exact) mass is 857 g/mol. The molecule has 1 unspecified atom stereocenters. The average Bonchev–Trinajstić information content (AvgIpc) is 3.71. The third-order valence-corrected chi connectivity index (χ3v) is 12.4. The van der Waals surface area contributed by atoms with E-state index in [1.54, 1.807) is 6.07 Å². The quantitative estimate of drug-likeness (QED) is 0.118. The first-order chi connectivity index (χ1) is 29.8. The molecule has 5 amide bonds. The molecule has 3 aromatic carbocycles. The highest BCUT2D eigenvalue weighted by molar-refractivity contribution is 6.23. The van der Waals surface area contributed by atoms with Crippen LogP contribution in [0.4, 0.5) is 19.1 Å². The van der Waals surface area contributed by atoms with Crippen LogP contribution >= 0.6 is 0 Å². The van der Waals surface area contributed by atoms with Gasteiger partial charge in [-0.1, -0.05) is 31.9 Å². The minimum atomic E-state index is -4.56. The molecule has 0 radical (unpaired) electrons. The van der Waals surface area contributed by atoms with Crippen molar-refractivity contribution in [2.24, 2.45) is 11.8 Å². The van der Waals surface area contributed by atoms with Gasteiger partial charge in [-0.15, -0.1) is 0 Å². The van der Waals surface area contributed by atoms with Gasteiger partial charge in [0.2, 0.25) is 17.8 Å². The average molecular weight is 858 g/mol. The van der Waals surface area contributed by atoms with Gasteiger partial charge in [-0.25, -0.2) is 4.98 Å². The first-order valence-electron chi connectivity index (χ1n) is 21.3. The van der Waals surface area contributed by atoms with Crippen LogP contribution in [0.25, 0.3) is 11.0 Å². The Bertz CT molecular complexity index is 2350. The number of ether oxygens (including phenoxy) is 2. The van der Waals surface area contributed by atoms with Crippen LogP contribution in [-0.4, -0.2) is 112 Å². The summed E-state index contributed by atoms with van der Waals surface area (Å²) < 4.78 is 53.9. The summed E-state index contributed by atoms with van der Waals surface area (Å²) in [4.78, 5) is 73.7. The SMILES string of the molecule is CC1CCC(Cn2c(NC(=O)c3cccc(C(F)(F)F)c3)nc3cc(CN4CCN(CCOCCOc5ccc6c(c5)C(=O)N(C5CCC(=O)NC5=O)C6=O)CC4)ccc32)CC1. The van der Waals surface area contributed by atoms with Gasteiger partial charge < -0.3 is 14.0 Å². The number of nitrogens with one attached hydrogen (secondary N) is 2. The van der Waals surface area contributed by atoms with E-state index in [2.05, 4.69) is 33.4 Å². The summed E-state index contributed by atoms with van der Waals surface area (Å²) in [5, 5.41) is 5.02. The molecular formula is C45H50F3N7O7. The number of hydrogen-bond acceptors (Lipinski definition) is 10. The standard InChI is InChI=1S/C45H50F3N7O7/c1-28-5-7-29(8-6-28)27-54-37-12-9-30(23-36(37)49-44(54)51-40(57)31-3-2-4-32(24-31)45(46,47)48)26-53-17-15-52(16-18-53)19-20-61-21-22-62-33-10-11-34-35(25-33)43(60)55(42(34)59)38-13-14-39(56)50-41(38)58/h2-4,9-12,23-25,28-29,38H,5-8,13-22,26-27H2,1H3,(H,49,51,57)(H,50,56,58). The van der Waals surface area contributed by atoms with E-state index in [0.717, 1.165) is 92.0 Å². The highest BCUT2D eigenvalue weighted by Gasteiger charge is 2.44. The number of hydrogen-bond donors (Lipinski definition) is 2. The van der Waals surface area contributed by atoms with Crippen LogP contribution in [-0.2, 0) is 33.6 Å². The Labute approximate surface area is 356 Å². The van der Waals surface area contributed by atoms with Crippen LogP contribution in [0.1, 0.15) is 87.6 Å². The molecule has 0 bridgehead atoms. The molecule has 1 aliphatic carbocycles. The number of piperazine rings is 1. The number of nitrogens with zero attached hydrogens (tertiary/aromatic N) is 5. The molecule has 4 heterocycles. The molecule has 1 saturated carbocycles. The normalized spacial score (nSPS) is 21.4. The van der Waals surface area contributed by atoms with Gasteiger partial charge in [-0.3, -0.25) is 49.3 Å². The van der Waals surface area contributed by atoms with Gasteiger partial charge >= 0.3 is 6.18 Å². The van der Waals surface area contributed by atoms with Gasteiger partial charge in [-0.05, 0) is 85.2 Å². The van der Waals surface area contributed by atoms with Gasteiger partial charge in [0.15, 0.2) is 0 Å². The molecule has 0 spiro atoms. The lowest BCUT2D eigenvalue weighted by Crippen LogP contribution is -2.54. The second-order valence-corrected chi connectivity index (χ2v) is 16.8. The molecule has 4 aromatic rings. The van der Waals surface area contributed by atoms with Gasteiger partial charge in [-0.2, -0.15) is 13.2 Å². The van der Waals surface area contributed by atoms with Crippen molar-refractivity contribution in [3.05, 3.63) is 88.5 Å². The van der Waals surface area contributed by atoms with Gasteiger partial charge in [0, 0.05) is 57.8 Å². The molecule has 4 aliphatic rings. The van der Waals surface area contributed by atoms with E-state index < -0.39 is 47.3 Å². The van der Waals surface area contributed by atoms with Gasteiger partial charge in [0.05, 0.1) is 40.9 Å². The van der Waals surface area contributed by atoms with Gasteiger partial charge in [0.25, 0.3) is 17.7 Å². The number of aromatic nitrogens is 2. The van der Waals surface area contributed by atoms with Gasteiger partial charge in [0.1, 0.15) is 18.4 Å². The number of anilines is 1. The fourth-order valence-corrected chi connectivity index (χ4v) is 8.82. The number of alkyl halides is 3. The van der Waals surface area contributed by atoms with Crippen molar-refractivity contribution in [2.45, 2.75) is 70.8 Å². The number of imidazole rings is 1. The second-order valence-electron chi connectivity index (χ2n) is 16.8. The Morgan fingerprint density at radius 2 is 1.61 bits per heavy atom. The summed E-state index contributed by atoms with van der Waals surface area (Å²) in [7, 11) is 0. The van der Waals surface area contributed by atoms with E-state index in [9.17, 15) is 37.1 Å². The molecule has 3 aliphatic heterocycles. The van der Waals surface area contributed by atoms with Crippen molar-refractivity contribution in [3.8, 4) is 5.75 Å². The number of imide groups is 2. The van der Waals surface area contributed by atoms with Crippen LogP contribution in [0, 0.1) is 11.8 Å². The first-order valence-corrected chi connectivity index (χ1v) is 21.3. The minimum absolute atomic E-state index is 0.0509. The molecule has 8 rings (SSSR count). The smallest absolute Gasteiger partial charge is 0.416 e. The lowest BCUT2D eigenvalue weighted by Gasteiger charge is -2.34. The van der Waals surface area contributed by atoms with Crippen molar-refractivity contribution in [1.82, 2.24) is 29.6 Å². The second kappa shape index (κ2) is 18.4. The number of rotatable bonds is 14. The number of carbonyl (C=O) groups excluding carboxylic acids is 5. The fourth-order valence-electron chi connectivity index (χ4n) is 8.82. The number of fused-ring (bicyclic) bond motifs is 2. The summed E-state index contributed by atoms with van der Waals surface area (Å²) in [5.41, 5.74) is 2.06. The van der Waals surface area contributed by atoms with Crippen molar-refractivity contribution in [1.29, 1.82) is 0 Å². The molecule has 3 fully saturated rings. The van der Waals surface area contributed by atoms with E-state index in [4.69, 9.17) is 14.5 Å². The van der Waals surface area contributed by atoms with Crippen molar-refractivity contribution in [2.75, 3.05) is 57.9 Å². The lowest BCUT2D eigenvalue weighted by molar-refractivity contribution is -0.138. The van der Waals surface area contributed by atoms with E-state index in [0.29, 0.717) is 49.8 Å². The largest absolute Gasteiger partial charge is 0.491 e. The summed E-state index contributed by atoms with van der Waals surface area (Å²) in [5.74, 6) is -1.07. The van der Waals surface area contributed by atoms with E-state index >= 15 is 0 Å². The van der Waals surface area contributed by atoms with Crippen molar-refractivity contribution >= 4 is 46.5 Å². The molecule has 17 heteroatoms. The zero-order valence-electron chi connectivity index (χ0n) is 34.5. The molecular weight excluding hydrogens is 808 g/mol. The van der Waals surface area contributed by atoms with Crippen LogP contribution in [0.3, 0.4) is 0 Å². The zero-order valence-corrected chi connectivity index (χ0v) is 34.5. The van der Waals surface area contributed by atoms with Crippen LogP contribution in [0.2, 0.25) is 0 Å². The Balaban J connectivity index is 0.801. The minimum Gasteiger partial charge on any atom is -0.491 e. The molecule has 328 valence electrons. The number of amides is 5. The summed E-state index contributed by atoms with van der Waals surface area (Å²) in [6, 6.07) is 14.2. The number of benzene rings is 3. The Kier molecular flexibility index (Phi) is 12.7. The molecule has 1 aromatic heterocycles. The Hall–Kier alpha value is -5.65. The summed E-state index contributed by atoms with van der Waals surface area (Å²) in [6.45, 7) is 8.88. The maximum Gasteiger partial charge on any atom is 0.416 e. The number of halogens is 3. The van der Waals surface area contributed by atoms with E-state index in [1.807, 2.05) is 16.7 Å². The van der Waals surface area contributed by atoms with Crippen LogP contribution in [0.5, 0.6) is 5.75 Å². The van der Waals surface area contributed by atoms with E-state index in [1.165, 1.54) is 24.3 Å². The lowest BCUT2D eigenvalue weighted by atomic mass is 9.83. The predicted octanol–water partition coefficient (Wildman–Crippen LogP) is 5.75. The topological polar surface area (TPSA) is 155 Å². The molecule has 2 N–H and O–H groups in total. The molecule has 62 heavy (non-hydrogen) atoms. The first kappa shape index (κ1) is 43.0. The van der Waals surface area contributed by atoms with Crippen molar-refractivity contribution in [3.63, 3.8) is 0 Å². The highest BCUT2D eigenvalue weighted by Crippen LogP contribution is 2.34. The zero-order chi connectivity index (χ0) is 43.5. The fraction of sp³-hybridized carbons (Fsp3) is 0.467. The Morgan fingerprint density at radius 3 is 2.37 bits per heavy atom. The van der Waals surface area contributed by atoms with E-state index in [-0.39, 0.29) is 36.1 Å². The third kappa shape index (κ3) is 9.69. The van der Waals surface area contributed by atoms with Crippen molar-refractivity contribution < 1.29 is 46.6 Å². The number of carbonyl (C=O) groups is 5. The van der Waals surface area contributed by atoms with Crippen LogP contribution < -0.4 is 15.4 Å². The summed E-state index contributed by atoms with van der Waals surface area (Å²) >= 11 is 0. The third-order valence-electron chi connectivity index (χ3n) is 12.4. The number of piperidine rings is 1. The van der Waals surface area contributed by atoms with Crippen LogP contribution in [0.15, 0.2) is 60.7 Å². The Morgan fingerprint density at radius 1 is 0.855 bits per heavy atom. The predicted molar refractivity (Wildman–Crippen MR) is 221 cm³/mol. The molecule has 2 saturated heterocycles. The highest BCUT2D eigenvalue weighted by atomic mass is 19.4.